The normalized spacial score (nSPS) is 17.0. The van der Waals surface area contributed by atoms with Crippen molar-refractivity contribution < 1.29 is 13.2 Å². The largest absolute Gasteiger partial charge is 0.381 e. The van der Waals surface area contributed by atoms with Crippen molar-refractivity contribution in [2.75, 3.05) is 25.5 Å². The maximum atomic E-state index is 12.0. The minimum atomic E-state index is -3.30. The lowest BCUT2D eigenvalue weighted by atomic mass is 10.2. The van der Waals surface area contributed by atoms with Crippen molar-refractivity contribution in [2.24, 2.45) is 0 Å². The van der Waals surface area contributed by atoms with Gasteiger partial charge in [-0.3, -0.25) is 0 Å². The summed E-state index contributed by atoms with van der Waals surface area (Å²) in [6, 6.07) is 6.93. The first kappa shape index (κ1) is 17.1. The molecule has 1 aliphatic heterocycles. The lowest BCUT2D eigenvalue weighted by Crippen LogP contribution is -2.28. The Labute approximate surface area is 135 Å². The van der Waals surface area contributed by atoms with Crippen molar-refractivity contribution in [3.05, 3.63) is 34.9 Å². The zero-order chi connectivity index (χ0) is 15.1. The van der Waals surface area contributed by atoms with Gasteiger partial charge in [-0.2, -0.15) is 11.8 Å². The second-order valence-corrected chi connectivity index (χ2v) is 8.62. The van der Waals surface area contributed by atoms with Crippen LogP contribution in [0.3, 0.4) is 0 Å². The monoisotopic (exact) mass is 349 g/mol. The first-order valence-electron chi connectivity index (χ1n) is 6.96. The Morgan fingerprint density at radius 1 is 1.33 bits per heavy atom. The molecule has 0 aromatic heterocycles. The third-order valence-corrected chi connectivity index (χ3v) is 6.17. The maximum absolute atomic E-state index is 12.0. The van der Waals surface area contributed by atoms with Crippen LogP contribution in [-0.4, -0.2) is 39.2 Å². The molecule has 1 heterocycles. The van der Waals surface area contributed by atoms with Gasteiger partial charge in [0.15, 0.2) is 0 Å². The van der Waals surface area contributed by atoms with E-state index in [1.165, 1.54) is 0 Å². The van der Waals surface area contributed by atoms with Crippen LogP contribution in [0.1, 0.15) is 18.4 Å². The summed E-state index contributed by atoms with van der Waals surface area (Å²) in [4.78, 5) is 0. The summed E-state index contributed by atoms with van der Waals surface area (Å²) in [6.45, 7) is 2.10. The highest BCUT2D eigenvalue weighted by Crippen LogP contribution is 2.21. The van der Waals surface area contributed by atoms with Gasteiger partial charge in [0.1, 0.15) is 0 Å². The van der Waals surface area contributed by atoms with Gasteiger partial charge in [-0.1, -0.05) is 23.7 Å². The fraction of sp³-hybridized carbons (Fsp3) is 0.571. The van der Waals surface area contributed by atoms with Crippen LogP contribution < -0.4 is 4.72 Å². The van der Waals surface area contributed by atoms with Crippen molar-refractivity contribution in [1.29, 1.82) is 0 Å². The topological polar surface area (TPSA) is 55.4 Å². The van der Waals surface area contributed by atoms with E-state index >= 15 is 0 Å². The quantitative estimate of drug-likeness (QED) is 0.769. The van der Waals surface area contributed by atoms with E-state index in [4.69, 9.17) is 16.3 Å². The van der Waals surface area contributed by atoms with Gasteiger partial charge in [-0.05, 0) is 30.5 Å². The van der Waals surface area contributed by atoms with E-state index in [-0.39, 0.29) is 5.75 Å². The van der Waals surface area contributed by atoms with Crippen LogP contribution in [0.5, 0.6) is 0 Å². The van der Waals surface area contributed by atoms with E-state index in [0.29, 0.717) is 22.4 Å². The summed E-state index contributed by atoms with van der Waals surface area (Å²) in [6.07, 6.45) is 2.11. The van der Waals surface area contributed by atoms with Gasteiger partial charge in [0.05, 0.1) is 5.75 Å². The zero-order valence-corrected chi connectivity index (χ0v) is 14.1. The first-order valence-corrected chi connectivity index (χ1v) is 10.0. The van der Waals surface area contributed by atoms with Crippen LogP contribution in [-0.2, 0) is 20.5 Å². The molecule has 1 aromatic carbocycles. The fourth-order valence-corrected chi connectivity index (χ4v) is 4.72. The van der Waals surface area contributed by atoms with E-state index in [1.54, 1.807) is 24.3 Å². The summed E-state index contributed by atoms with van der Waals surface area (Å²) in [7, 11) is -3.30. The van der Waals surface area contributed by atoms with Gasteiger partial charge >= 0.3 is 0 Å². The van der Waals surface area contributed by atoms with Crippen LogP contribution in [0.2, 0.25) is 5.02 Å². The van der Waals surface area contributed by atoms with Crippen molar-refractivity contribution in [3.63, 3.8) is 0 Å². The molecule has 0 aliphatic carbocycles. The molecule has 1 N–H and O–H groups in total. The summed E-state index contributed by atoms with van der Waals surface area (Å²) in [5, 5.41) is 1.15. The predicted molar refractivity (Wildman–Crippen MR) is 88.4 cm³/mol. The van der Waals surface area contributed by atoms with Crippen LogP contribution >= 0.6 is 23.4 Å². The maximum Gasteiger partial charge on any atom is 0.215 e. The second kappa shape index (κ2) is 8.39. The van der Waals surface area contributed by atoms with Gasteiger partial charge in [-0.25, -0.2) is 13.1 Å². The molecule has 1 aliphatic rings. The number of thioether (sulfide) groups is 1. The number of rotatable bonds is 7. The van der Waals surface area contributed by atoms with Crippen LogP contribution in [0.4, 0.5) is 0 Å². The summed E-state index contributed by atoms with van der Waals surface area (Å²) in [5.41, 5.74) is 0.701. The Hall–Kier alpha value is -0.270. The number of benzene rings is 1. The molecule has 21 heavy (non-hydrogen) atoms. The number of ether oxygens (including phenoxy) is 1. The van der Waals surface area contributed by atoms with E-state index in [9.17, 15) is 8.42 Å². The smallest absolute Gasteiger partial charge is 0.215 e. The van der Waals surface area contributed by atoms with Crippen molar-refractivity contribution in [3.8, 4) is 0 Å². The minimum Gasteiger partial charge on any atom is -0.381 e. The molecule has 0 radical (unpaired) electrons. The number of halogens is 1. The van der Waals surface area contributed by atoms with Gasteiger partial charge in [0, 0.05) is 35.8 Å². The van der Waals surface area contributed by atoms with Crippen molar-refractivity contribution in [2.45, 2.75) is 23.8 Å². The molecule has 0 spiro atoms. The highest BCUT2D eigenvalue weighted by Gasteiger charge is 2.15. The van der Waals surface area contributed by atoms with Crippen LogP contribution in [0, 0.1) is 0 Å². The minimum absolute atomic E-state index is 0.0322. The van der Waals surface area contributed by atoms with Crippen molar-refractivity contribution in [1.82, 2.24) is 4.72 Å². The molecule has 118 valence electrons. The summed E-state index contributed by atoms with van der Waals surface area (Å²) in [5.74, 6) is 0.759. The lowest BCUT2D eigenvalue weighted by Gasteiger charge is -2.21. The molecule has 0 saturated carbocycles. The van der Waals surface area contributed by atoms with E-state index in [1.807, 2.05) is 11.8 Å². The molecule has 7 heteroatoms. The summed E-state index contributed by atoms with van der Waals surface area (Å²) >= 11 is 7.68. The molecule has 4 nitrogen and oxygen atoms in total. The molecule has 0 amide bonds. The number of hydrogen-bond acceptors (Lipinski definition) is 4. The zero-order valence-electron chi connectivity index (χ0n) is 11.8. The third-order valence-electron chi connectivity index (χ3n) is 3.19. The highest BCUT2D eigenvalue weighted by molar-refractivity contribution is 8.00. The fourth-order valence-electron chi connectivity index (χ4n) is 2.16. The average Bonchev–Trinajstić information content (AvgIpc) is 2.44. The molecule has 0 bridgehead atoms. The van der Waals surface area contributed by atoms with Gasteiger partial charge in [0.25, 0.3) is 0 Å². The van der Waals surface area contributed by atoms with E-state index in [0.717, 1.165) is 31.8 Å². The molecule has 2 rings (SSSR count). The third kappa shape index (κ3) is 6.57. The Morgan fingerprint density at radius 2 is 2.10 bits per heavy atom. The number of hydrogen-bond donors (Lipinski definition) is 1. The Bertz CT molecular complexity index is 545. The first-order chi connectivity index (χ1) is 10.1. The number of nitrogens with one attached hydrogen (secondary N) is 1. The van der Waals surface area contributed by atoms with E-state index < -0.39 is 10.0 Å². The van der Waals surface area contributed by atoms with Crippen LogP contribution in [0.15, 0.2) is 24.3 Å². The van der Waals surface area contributed by atoms with Gasteiger partial charge in [-0.15, -0.1) is 0 Å². The molecular formula is C14H20ClNO3S2. The Morgan fingerprint density at radius 3 is 2.81 bits per heavy atom. The van der Waals surface area contributed by atoms with Crippen molar-refractivity contribution >= 4 is 33.4 Å². The Kier molecular flexibility index (Phi) is 6.82. The highest BCUT2D eigenvalue weighted by atomic mass is 35.5. The second-order valence-electron chi connectivity index (χ2n) is 4.97. The molecule has 1 aromatic rings. The van der Waals surface area contributed by atoms with Gasteiger partial charge < -0.3 is 4.74 Å². The lowest BCUT2D eigenvalue weighted by molar-refractivity contribution is 0.100. The standard InChI is InChI=1S/C14H20ClNO3S2/c15-13-3-1-2-12(10-13)11-21(17,18)16-6-9-20-14-4-7-19-8-5-14/h1-3,10,14,16H,4-9,11H2. The molecule has 0 atom stereocenters. The van der Waals surface area contributed by atoms with Crippen LogP contribution in [0.25, 0.3) is 0 Å². The average molecular weight is 350 g/mol. The SMILES string of the molecule is O=S(=O)(Cc1cccc(Cl)c1)NCCSC1CCOCC1. The molecule has 1 fully saturated rings. The van der Waals surface area contributed by atoms with E-state index in [2.05, 4.69) is 4.72 Å². The molecule has 0 unspecified atom stereocenters. The summed E-state index contributed by atoms with van der Waals surface area (Å²) < 4.78 is 31.9. The molecule has 1 saturated heterocycles. The predicted octanol–water partition coefficient (Wildman–Crippen LogP) is 2.67. The van der Waals surface area contributed by atoms with Gasteiger partial charge in [0.2, 0.25) is 10.0 Å². The number of sulfonamides is 1. The molecular weight excluding hydrogens is 330 g/mol. The Balaban J connectivity index is 1.71.